The van der Waals surface area contributed by atoms with E-state index < -0.39 is 0 Å². The van der Waals surface area contributed by atoms with Crippen molar-refractivity contribution < 1.29 is 4.39 Å². The first kappa shape index (κ1) is 12.0. The van der Waals surface area contributed by atoms with E-state index in [-0.39, 0.29) is 17.3 Å². The third kappa shape index (κ3) is 3.24. The average Bonchev–Trinajstić information content (AvgIpc) is 2.27. The number of hydrogen-bond donors (Lipinski definition) is 2. The van der Waals surface area contributed by atoms with E-state index in [0.29, 0.717) is 11.3 Å². The van der Waals surface area contributed by atoms with Gasteiger partial charge in [-0.05, 0) is 24.6 Å². The lowest BCUT2D eigenvalue weighted by Gasteiger charge is -1.99. The molecule has 1 aromatic carbocycles. The number of rotatable bonds is 3. The molecule has 18 heavy (non-hydrogen) atoms. The summed E-state index contributed by atoms with van der Waals surface area (Å²) < 4.78 is 12.9. The van der Waals surface area contributed by atoms with Gasteiger partial charge in [0.2, 0.25) is 5.95 Å². The van der Waals surface area contributed by atoms with Crippen LogP contribution in [0.2, 0.25) is 0 Å². The minimum atomic E-state index is -0.332. The highest BCUT2D eigenvalue weighted by Crippen LogP contribution is 2.01. The number of benzene rings is 1. The monoisotopic (exact) mass is 246 g/mol. The summed E-state index contributed by atoms with van der Waals surface area (Å²) in [5.74, 6) is -0.0892. The molecule has 0 saturated carbocycles. The Kier molecular flexibility index (Phi) is 3.47. The van der Waals surface area contributed by atoms with Gasteiger partial charge in [-0.1, -0.05) is 12.1 Å². The SMILES string of the molecule is Cc1cc(=O)[nH]c(N/N=C\c2cccc(F)c2)n1. The van der Waals surface area contributed by atoms with Crippen LogP contribution in [0.4, 0.5) is 10.3 Å². The van der Waals surface area contributed by atoms with Gasteiger partial charge in [-0.25, -0.2) is 14.8 Å². The maximum atomic E-state index is 12.9. The Morgan fingerprint density at radius 2 is 2.28 bits per heavy atom. The van der Waals surface area contributed by atoms with E-state index in [9.17, 15) is 9.18 Å². The molecule has 2 N–H and O–H groups in total. The second kappa shape index (κ2) is 5.22. The maximum Gasteiger partial charge on any atom is 0.252 e. The molecule has 0 radical (unpaired) electrons. The lowest BCUT2D eigenvalue weighted by atomic mass is 10.2. The quantitative estimate of drug-likeness (QED) is 0.639. The predicted octanol–water partition coefficient (Wildman–Crippen LogP) is 1.66. The van der Waals surface area contributed by atoms with Gasteiger partial charge in [-0.3, -0.25) is 9.78 Å². The van der Waals surface area contributed by atoms with Crippen LogP contribution in [-0.2, 0) is 0 Å². The fourth-order valence-electron chi connectivity index (χ4n) is 1.39. The van der Waals surface area contributed by atoms with Gasteiger partial charge in [-0.15, -0.1) is 0 Å². The number of nitrogens with zero attached hydrogens (tertiary/aromatic N) is 2. The Morgan fingerprint density at radius 1 is 1.44 bits per heavy atom. The first-order valence-corrected chi connectivity index (χ1v) is 5.26. The second-order valence-electron chi connectivity index (χ2n) is 3.66. The zero-order chi connectivity index (χ0) is 13.0. The molecule has 0 aliphatic rings. The van der Waals surface area contributed by atoms with E-state index in [2.05, 4.69) is 20.5 Å². The molecule has 0 atom stereocenters. The van der Waals surface area contributed by atoms with E-state index in [0.717, 1.165) is 0 Å². The van der Waals surface area contributed by atoms with E-state index in [1.54, 1.807) is 19.1 Å². The Labute approximate surface area is 102 Å². The van der Waals surface area contributed by atoms with Gasteiger partial charge in [0.05, 0.1) is 6.21 Å². The largest absolute Gasteiger partial charge is 0.291 e. The van der Waals surface area contributed by atoms with Crippen LogP contribution >= 0.6 is 0 Å². The van der Waals surface area contributed by atoms with Crippen LogP contribution in [0, 0.1) is 12.7 Å². The standard InChI is InChI=1S/C12H11FN4O/c1-8-5-11(18)16-12(15-8)17-14-7-9-3-2-4-10(13)6-9/h2-7H,1H3,(H2,15,16,17,18)/b14-7-. The smallest absolute Gasteiger partial charge is 0.252 e. The summed E-state index contributed by atoms with van der Waals surface area (Å²) in [6.45, 7) is 1.71. The molecular formula is C12H11FN4O. The van der Waals surface area contributed by atoms with Gasteiger partial charge >= 0.3 is 0 Å². The van der Waals surface area contributed by atoms with Gasteiger partial charge in [0.25, 0.3) is 5.56 Å². The maximum absolute atomic E-state index is 12.9. The van der Waals surface area contributed by atoms with E-state index in [1.165, 1.54) is 24.4 Å². The molecule has 92 valence electrons. The molecule has 1 aromatic heterocycles. The van der Waals surface area contributed by atoms with Crippen molar-refractivity contribution in [2.45, 2.75) is 6.92 Å². The summed E-state index contributed by atoms with van der Waals surface area (Å²) in [6, 6.07) is 7.37. The minimum Gasteiger partial charge on any atom is -0.291 e. The van der Waals surface area contributed by atoms with Crippen molar-refractivity contribution in [1.82, 2.24) is 9.97 Å². The highest BCUT2D eigenvalue weighted by molar-refractivity contribution is 5.79. The van der Waals surface area contributed by atoms with Crippen molar-refractivity contribution in [3.63, 3.8) is 0 Å². The molecule has 6 heteroatoms. The van der Waals surface area contributed by atoms with Gasteiger partial charge < -0.3 is 0 Å². The minimum absolute atomic E-state index is 0.243. The van der Waals surface area contributed by atoms with Crippen LogP contribution in [0.1, 0.15) is 11.3 Å². The Balaban J connectivity index is 2.09. The van der Waals surface area contributed by atoms with E-state index >= 15 is 0 Å². The molecule has 0 saturated heterocycles. The van der Waals surface area contributed by atoms with Crippen molar-refractivity contribution in [2.75, 3.05) is 5.43 Å². The molecule has 5 nitrogen and oxygen atoms in total. The predicted molar refractivity (Wildman–Crippen MR) is 67.2 cm³/mol. The van der Waals surface area contributed by atoms with Crippen LogP contribution in [0.5, 0.6) is 0 Å². The van der Waals surface area contributed by atoms with Crippen molar-refractivity contribution in [3.8, 4) is 0 Å². The number of anilines is 1. The van der Waals surface area contributed by atoms with Crippen LogP contribution in [0.3, 0.4) is 0 Å². The molecule has 0 bridgehead atoms. The molecule has 2 rings (SSSR count). The summed E-state index contributed by atoms with van der Waals surface area (Å²) in [5.41, 5.74) is 3.51. The first-order valence-electron chi connectivity index (χ1n) is 5.26. The van der Waals surface area contributed by atoms with Crippen molar-refractivity contribution >= 4 is 12.2 Å². The topological polar surface area (TPSA) is 70.1 Å². The number of halogens is 1. The highest BCUT2D eigenvalue weighted by atomic mass is 19.1. The van der Waals surface area contributed by atoms with Gasteiger partial charge in [0.1, 0.15) is 5.82 Å². The summed E-state index contributed by atoms with van der Waals surface area (Å²) >= 11 is 0. The van der Waals surface area contributed by atoms with Gasteiger partial charge in [0, 0.05) is 11.8 Å². The average molecular weight is 246 g/mol. The lowest BCUT2D eigenvalue weighted by molar-refractivity contribution is 0.627. The molecule has 1 heterocycles. The number of hydrogen-bond acceptors (Lipinski definition) is 4. The van der Waals surface area contributed by atoms with Crippen LogP contribution in [0.15, 0.2) is 40.2 Å². The number of H-pyrrole nitrogens is 1. The second-order valence-corrected chi connectivity index (χ2v) is 3.66. The Hall–Kier alpha value is -2.50. The summed E-state index contributed by atoms with van der Waals surface area (Å²) in [5, 5.41) is 3.86. The van der Waals surface area contributed by atoms with Gasteiger partial charge in [-0.2, -0.15) is 5.10 Å². The number of aryl methyl sites for hydroxylation is 1. The zero-order valence-corrected chi connectivity index (χ0v) is 9.64. The Bertz CT molecular complexity index is 636. The number of aromatic nitrogens is 2. The van der Waals surface area contributed by atoms with Crippen molar-refractivity contribution in [3.05, 3.63) is 57.8 Å². The molecule has 0 spiro atoms. The fraction of sp³-hybridized carbons (Fsp3) is 0.0833. The third-order valence-electron chi connectivity index (χ3n) is 2.10. The van der Waals surface area contributed by atoms with Crippen LogP contribution in [-0.4, -0.2) is 16.2 Å². The van der Waals surface area contributed by atoms with E-state index in [1.807, 2.05) is 0 Å². The number of nitrogens with one attached hydrogen (secondary N) is 2. The lowest BCUT2D eigenvalue weighted by Crippen LogP contribution is -2.10. The molecule has 0 aliphatic heterocycles. The first-order chi connectivity index (χ1) is 8.63. The summed E-state index contributed by atoms with van der Waals surface area (Å²) in [4.78, 5) is 17.7. The molecule has 0 unspecified atom stereocenters. The molecular weight excluding hydrogens is 235 g/mol. The molecule has 2 aromatic rings. The van der Waals surface area contributed by atoms with E-state index in [4.69, 9.17) is 0 Å². The normalized spacial score (nSPS) is 10.8. The summed E-state index contributed by atoms with van der Waals surface area (Å²) in [7, 11) is 0. The number of aromatic amines is 1. The molecule has 0 aliphatic carbocycles. The van der Waals surface area contributed by atoms with Crippen LogP contribution in [0.25, 0.3) is 0 Å². The fourth-order valence-corrected chi connectivity index (χ4v) is 1.39. The Morgan fingerprint density at radius 3 is 3.00 bits per heavy atom. The summed E-state index contributed by atoms with van der Waals surface area (Å²) in [6.07, 6.45) is 1.44. The van der Waals surface area contributed by atoms with Crippen LogP contribution < -0.4 is 11.0 Å². The van der Waals surface area contributed by atoms with Crippen molar-refractivity contribution in [2.24, 2.45) is 5.10 Å². The highest BCUT2D eigenvalue weighted by Gasteiger charge is 1.95. The van der Waals surface area contributed by atoms with Crippen molar-refractivity contribution in [1.29, 1.82) is 0 Å². The van der Waals surface area contributed by atoms with Gasteiger partial charge in [0.15, 0.2) is 0 Å². The zero-order valence-electron chi connectivity index (χ0n) is 9.64. The third-order valence-corrected chi connectivity index (χ3v) is 2.10. The number of hydrazone groups is 1. The molecule has 0 fully saturated rings. The molecule has 0 amide bonds.